The van der Waals surface area contributed by atoms with Crippen molar-refractivity contribution in [1.29, 1.82) is 0 Å². The van der Waals surface area contributed by atoms with Crippen LogP contribution in [0.15, 0.2) is 48.5 Å². The van der Waals surface area contributed by atoms with Crippen molar-refractivity contribution < 1.29 is 14.3 Å². The van der Waals surface area contributed by atoms with Gasteiger partial charge in [-0.1, -0.05) is 29.8 Å². The number of halogens is 1. The van der Waals surface area contributed by atoms with Gasteiger partial charge < -0.3 is 15.0 Å². The van der Waals surface area contributed by atoms with E-state index >= 15 is 0 Å². The first kappa shape index (κ1) is 19.2. The van der Waals surface area contributed by atoms with Gasteiger partial charge >= 0.3 is 5.97 Å². The molecule has 7 heteroatoms. The van der Waals surface area contributed by atoms with Gasteiger partial charge in [-0.05, 0) is 30.3 Å². The number of benzene rings is 2. The minimum Gasteiger partial charge on any atom is -0.465 e. The SMILES string of the molecule is COC(=O)c1ccc(Cl)c(NC(=O)CN2CCN(c3ccccc3)CC2)c1. The third kappa shape index (κ3) is 4.99. The summed E-state index contributed by atoms with van der Waals surface area (Å²) < 4.78 is 4.70. The molecule has 3 rings (SSSR count). The Bertz CT molecular complexity index is 805. The maximum atomic E-state index is 12.4. The molecule has 2 aromatic rings. The molecule has 27 heavy (non-hydrogen) atoms. The Labute approximate surface area is 163 Å². The van der Waals surface area contributed by atoms with Gasteiger partial charge in [0.05, 0.1) is 29.9 Å². The number of hydrogen-bond donors (Lipinski definition) is 1. The van der Waals surface area contributed by atoms with Crippen LogP contribution in [0, 0.1) is 0 Å². The van der Waals surface area contributed by atoms with Crippen LogP contribution in [0.4, 0.5) is 11.4 Å². The fourth-order valence-corrected chi connectivity index (χ4v) is 3.23. The number of methoxy groups -OCH3 is 1. The molecule has 142 valence electrons. The summed E-state index contributed by atoms with van der Waals surface area (Å²) in [5.74, 6) is -0.633. The first-order valence-corrected chi connectivity index (χ1v) is 9.14. The summed E-state index contributed by atoms with van der Waals surface area (Å²) in [6.07, 6.45) is 0. The van der Waals surface area contributed by atoms with Crippen molar-refractivity contribution in [2.45, 2.75) is 0 Å². The van der Waals surface area contributed by atoms with Gasteiger partial charge in [-0.25, -0.2) is 4.79 Å². The zero-order chi connectivity index (χ0) is 19.2. The Morgan fingerprint density at radius 1 is 1.07 bits per heavy atom. The van der Waals surface area contributed by atoms with E-state index in [1.54, 1.807) is 12.1 Å². The van der Waals surface area contributed by atoms with E-state index in [9.17, 15) is 9.59 Å². The Morgan fingerprint density at radius 3 is 2.44 bits per heavy atom. The molecule has 1 saturated heterocycles. The van der Waals surface area contributed by atoms with Crippen molar-refractivity contribution >= 4 is 34.9 Å². The molecule has 0 spiro atoms. The van der Waals surface area contributed by atoms with Gasteiger partial charge in [-0.3, -0.25) is 9.69 Å². The lowest BCUT2D eigenvalue weighted by molar-refractivity contribution is -0.117. The second kappa shape index (κ2) is 8.88. The van der Waals surface area contributed by atoms with Crippen LogP contribution in [-0.4, -0.2) is 56.6 Å². The highest BCUT2D eigenvalue weighted by Gasteiger charge is 2.20. The summed E-state index contributed by atoms with van der Waals surface area (Å²) in [5.41, 5.74) is 1.95. The van der Waals surface area contributed by atoms with Gasteiger partial charge in [-0.15, -0.1) is 0 Å². The molecule has 0 aromatic heterocycles. The standard InChI is InChI=1S/C20H22ClN3O3/c1-27-20(26)15-7-8-17(21)18(13-15)22-19(25)14-23-9-11-24(12-10-23)16-5-3-2-4-6-16/h2-8,13H,9-12,14H2,1H3,(H,22,25). The third-order valence-corrected chi connectivity index (χ3v) is 4.85. The lowest BCUT2D eigenvalue weighted by Crippen LogP contribution is -2.48. The van der Waals surface area contributed by atoms with Gasteiger partial charge in [0, 0.05) is 31.9 Å². The molecule has 1 heterocycles. The molecule has 0 unspecified atom stereocenters. The zero-order valence-corrected chi connectivity index (χ0v) is 15.9. The van der Waals surface area contributed by atoms with Crippen molar-refractivity contribution in [3.05, 3.63) is 59.1 Å². The van der Waals surface area contributed by atoms with Crippen LogP contribution >= 0.6 is 11.6 Å². The molecule has 0 aliphatic carbocycles. The predicted octanol–water partition coefficient (Wildman–Crippen LogP) is 2.89. The molecule has 1 aliphatic heterocycles. The van der Waals surface area contributed by atoms with Gasteiger partial charge in [0.25, 0.3) is 0 Å². The van der Waals surface area contributed by atoms with E-state index in [2.05, 4.69) is 27.2 Å². The fraction of sp³-hybridized carbons (Fsp3) is 0.300. The van der Waals surface area contributed by atoms with E-state index in [4.69, 9.17) is 16.3 Å². The molecule has 6 nitrogen and oxygen atoms in total. The number of anilines is 2. The first-order valence-electron chi connectivity index (χ1n) is 8.77. The van der Waals surface area contributed by atoms with E-state index < -0.39 is 5.97 Å². The molecule has 0 bridgehead atoms. The molecule has 0 saturated carbocycles. The van der Waals surface area contributed by atoms with Gasteiger partial charge in [0.15, 0.2) is 0 Å². The number of esters is 1. The van der Waals surface area contributed by atoms with E-state index in [1.165, 1.54) is 18.9 Å². The Hall–Kier alpha value is -2.57. The normalized spacial score (nSPS) is 14.7. The molecule has 1 aliphatic rings. The summed E-state index contributed by atoms with van der Waals surface area (Å²) in [6.45, 7) is 3.63. The Balaban J connectivity index is 1.54. The van der Waals surface area contributed by atoms with Crippen LogP contribution in [0.1, 0.15) is 10.4 Å². The van der Waals surface area contributed by atoms with Gasteiger partial charge in [-0.2, -0.15) is 0 Å². The number of para-hydroxylation sites is 1. The maximum Gasteiger partial charge on any atom is 0.337 e. The van der Waals surface area contributed by atoms with Crippen LogP contribution in [0.5, 0.6) is 0 Å². The maximum absolute atomic E-state index is 12.4. The van der Waals surface area contributed by atoms with Crippen molar-refractivity contribution in [2.24, 2.45) is 0 Å². The third-order valence-electron chi connectivity index (χ3n) is 4.52. The number of carbonyl (C=O) groups excluding carboxylic acids is 2. The quantitative estimate of drug-likeness (QED) is 0.799. The summed E-state index contributed by atoms with van der Waals surface area (Å²) in [6, 6.07) is 14.9. The van der Waals surface area contributed by atoms with Gasteiger partial charge in [0.1, 0.15) is 0 Å². The van der Waals surface area contributed by atoms with Gasteiger partial charge in [0.2, 0.25) is 5.91 Å². The number of nitrogens with zero attached hydrogens (tertiary/aromatic N) is 2. The van der Waals surface area contributed by atoms with E-state index in [0.29, 0.717) is 16.3 Å². The van der Waals surface area contributed by atoms with E-state index in [1.807, 2.05) is 18.2 Å². The number of amides is 1. The summed E-state index contributed by atoms with van der Waals surface area (Å²) in [4.78, 5) is 28.4. The molecule has 2 aromatic carbocycles. The predicted molar refractivity (Wildman–Crippen MR) is 107 cm³/mol. The molecular weight excluding hydrogens is 366 g/mol. The second-order valence-corrected chi connectivity index (χ2v) is 6.74. The number of carbonyl (C=O) groups is 2. The Kier molecular flexibility index (Phi) is 6.32. The highest BCUT2D eigenvalue weighted by molar-refractivity contribution is 6.33. The minimum absolute atomic E-state index is 0.160. The average molecular weight is 388 g/mol. The molecule has 0 radical (unpaired) electrons. The Morgan fingerprint density at radius 2 is 1.78 bits per heavy atom. The fourth-order valence-electron chi connectivity index (χ4n) is 3.06. The molecule has 1 fully saturated rings. The lowest BCUT2D eigenvalue weighted by atomic mass is 10.2. The van der Waals surface area contributed by atoms with E-state index in [-0.39, 0.29) is 12.5 Å². The molecule has 1 N–H and O–H groups in total. The molecule has 1 amide bonds. The topological polar surface area (TPSA) is 61.9 Å². The average Bonchev–Trinajstić information content (AvgIpc) is 2.70. The second-order valence-electron chi connectivity index (χ2n) is 6.33. The number of rotatable bonds is 5. The van der Waals surface area contributed by atoms with Crippen LogP contribution in [-0.2, 0) is 9.53 Å². The summed E-state index contributed by atoms with van der Waals surface area (Å²) in [7, 11) is 1.31. The smallest absolute Gasteiger partial charge is 0.337 e. The van der Waals surface area contributed by atoms with Crippen LogP contribution < -0.4 is 10.2 Å². The lowest BCUT2D eigenvalue weighted by Gasteiger charge is -2.35. The van der Waals surface area contributed by atoms with Crippen molar-refractivity contribution in [3.8, 4) is 0 Å². The number of ether oxygens (including phenoxy) is 1. The number of nitrogens with one attached hydrogen (secondary N) is 1. The highest BCUT2D eigenvalue weighted by Crippen LogP contribution is 2.23. The number of hydrogen-bond acceptors (Lipinski definition) is 5. The molecule has 0 atom stereocenters. The van der Waals surface area contributed by atoms with Crippen LogP contribution in [0.3, 0.4) is 0 Å². The largest absolute Gasteiger partial charge is 0.465 e. The highest BCUT2D eigenvalue weighted by atomic mass is 35.5. The number of piperazine rings is 1. The summed E-state index contributed by atoms with van der Waals surface area (Å²) in [5, 5.41) is 3.17. The summed E-state index contributed by atoms with van der Waals surface area (Å²) >= 11 is 6.13. The minimum atomic E-state index is -0.473. The first-order chi connectivity index (χ1) is 13.1. The van der Waals surface area contributed by atoms with Crippen LogP contribution in [0.2, 0.25) is 5.02 Å². The van der Waals surface area contributed by atoms with Crippen LogP contribution in [0.25, 0.3) is 0 Å². The monoisotopic (exact) mass is 387 g/mol. The van der Waals surface area contributed by atoms with E-state index in [0.717, 1.165) is 26.2 Å². The zero-order valence-electron chi connectivity index (χ0n) is 15.2. The van der Waals surface area contributed by atoms with Crippen molar-refractivity contribution in [1.82, 2.24) is 4.90 Å². The van der Waals surface area contributed by atoms with Crippen molar-refractivity contribution in [2.75, 3.05) is 50.1 Å². The van der Waals surface area contributed by atoms with Crippen molar-refractivity contribution in [3.63, 3.8) is 0 Å². The molecular formula is C20H22ClN3O3.